The first kappa shape index (κ1) is 15.3. The summed E-state index contributed by atoms with van der Waals surface area (Å²) in [6, 6.07) is 8.10. The Hall–Kier alpha value is -0.620. The van der Waals surface area contributed by atoms with E-state index in [1.54, 1.807) is 0 Å². The second kappa shape index (κ2) is 5.54. The molecule has 0 aromatic heterocycles. The van der Waals surface area contributed by atoms with Crippen molar-refractivity contribution >= 4 is 21.9 Å². The Morgan fingerprint density at radius 2 is 1.86 bits per heavy atom. The summed E-state index contributed by atoms with van der Waals surface area (Å²) in [5, 5.41) is -0.0701. The van der Waals surface area contributed by atoms with Crippen molar-refractivity contribution in [3.8, 4) is 0 Å². The molecular formula is C15H20ClNO3S. The Kier molecular flexibility index (Phi) is 4.03. The minimum absolute atomic E-state index is 0.0294. The summed E-state index contributed by atoms with van der Waals surface area (Å²) in [6.45, 7) is 4.46. The largest absolute Gasteiger partial charge is 0.338 e. The van der Waals surface area contributed by atoms with E-state index in [1.807, 2.05) is 32.0 Å². The van der Waals surface area contributed by atoms with Crippen LogP contribution < -0.4 is 0 Å². The number of nitrogens with zero attached hydrogens (tertiary/aromatic N) is 1. The van der Waals surface area contributed by atoms with E-state index in [2.05, 4.69) is 6.07 Å². The third-order valence-electron chi connectivity index (χ3n) is 4.64. The van der Waals surface area contributed by atoms with Crippen LogP contribution in [0.25, 0.3) is 0 Å². The van der Waals surface area contributed by atoms with Crippen molar-refractivity contribution < 1.29 is 12.6 Å². The smallest absolute Gasteiger partial charge is 0.254 e. The van der Waals surface area contributed by atoms with Crippen LogP contribution in [0, 0.1) is 0 Å². The van der Waals surface area contributed by atoms with Gasteiger partial charge in [0, 0.05) is 30.3 Å². The number of halogens is 1. The molecule has 1 saturated carbocycles. The second-order valence-corrected chi connectivity index (χ2v) is 7.69. The predicted molar refractivity (Wildman–Crippen MR) is 82.9 cm³/mol. The van der Waals surface area contributed by atoms with Gasteiger partial charge in [-0.15, -0.1) is 11.6 Å². The molecule has 0 spiro atoms. The Balaban J connectivity index is 1.85. The summed E-state index contributed by atoms with van der Waals surface area (Å²) in [6.07, 6.45) is 0.328. The molecule has 116 valence electrons. The van der Waals surface area contributed by atoms with Gasteiger partial charge in [-0.25, -0.2) is 0 Å². The first-order valence-electron chi connectivity index (χ1n) is 7.40. The van der Waals surface area contributed by atoms with Crippen molar-refractivity contribution in [3.05, 3.63) is 35.4 Å². The lowest BCUT2D eigenvalue weighted by Gasteiger charge is -2.26. The monoisotopic (exact) mass is 329 g/mol. The molecule has 0 aliphatic heterocycles. The number of benzene rings is 1. The summed E-state index contributed by atoms with van der Waals surface area (Å²) in [5.74, 6) is 0.169. The predicted octanol–water partition coefficient (Wildman–Crippen LogP) is 2.85. The van der Waals surface area contributed by atoms with Crippen molar-refractivity contribution in [2.24, 2.45) is 0 Å². The zero-order valence-corrected chi connectivity index (χ0v) is 13.8. The van der Waals surface area contributed by atoms with Crippen LogP contribution >= 0.6 is 11.6 Å². The van der Waals surface area contributed by atoms with Crippen molar-refractivity contribution in [2.45, 2.75) is 43.6 Å². The van der Waals surface area contributed by atoms with Gasteiger partial charge in [-0.3, -0.25) is 4.18 Å². The second-order valence-electron chi connectivity index (χ2n) is 5.62. The van der Waals surface area contributed by atoms with Gasteiger partial charge in [0.1, 0.15) is 0 Å². The van der Waals surface area contributed by atoms with E-state index in [9.17, 15) is 8.42 Å². The molecular weight excluding hydrogens is 310 g/mol. The van der Waals surface area contributed by atoms with Gasteiger partial charge in [0.15, 0.2) is 0 Å². The van der Waals surface area contributed by atoms with E-state index in [-0.39, 0.29) is 23.3 Å². The van der Waals surface area contributed by atoms with Gasteiger partial charge in [0.2, 0.25) is 0 Å². The Bertz CT molecular complexity index is 630. The maximum atomic E-state index is 12.3. The highest BCUT2D eigenvalue weighted by molar-refractivity contribution is 7.84. The van der Waals surface area contributed by atoms with Crippen LogP contribution in [0.4, 0.5) is 0 Å². The van der Waals surface area contributed by atoms with Crippen LogP contribution in [-0.4, -0.2) is 37.3 Å². The highest BCUT2D eigenvalue weighted by Crippen LogP contribution is 2.56. The average molecular weight is 330 g/mol. The zero-order chi connectivity index (χ0) is 15.2. The lowest BCUT2D eigenvalue weighted by atomic mass is 9.90. The summed E-state index contributed by atoms with van der Waals surface area (Å²) in [5.41, 5.74) is 2.40. The van der Waals surface area contributed by atoms with E-state index in [0.717, 1.165) is 5.56 Å². The fourth-order valence-corrected chi connectivity index (χ4v) is 5.46. The van der Waals surface area contributed by atoms with Crippen molar-refractivity contribution in [2.75, 3.05) is 13.1 Å². The Morgan fingerprint density at radius 1 is 1.24 bits per heavy atom. The summed E-state index contributed by atoms with van der Waals surface area (Å²) in [4.78, 5) is 0. The first-order chi connectivity index (χ1) is 9.99. The molecule has 0 N–H and O–H groups in total. The highest BCUT2D eigenvalue weighted by Gasteiger charge is 2.52. The van der Waals surface area contributed by atoms with E-state index < -0.39 is 10.3 Å². The van der Waals surface area contributed by atoms with Gasteiger partial charge in [0.05, 0.1) is 6.10 Å². The van der Waals surface area contributed by atoms with Crippen molar-refractivity contribution in [1.82, 2.24) is 4.31 Å². The number of alkyl halides is 1. The maximum Gasteiger partial charge on any atom is 0.338 e. The molecule has 0 unspecified atom stereocenters. The highest BCUT2D eigenvalue weighted by atomic mass is 35.5. The van der Waals surface area contributed by atoms with Gasteiger partial charge in [-0.05, 0) is 17.5 Å². The molecule has 6 heteroatoms. The molecule has 3 rings (SSSR count). The molecule has 0 heterocycles. The normalized spacial score (nSPS) is 30.9. The molecule has 4 atom stereocenters. The van der Waals surface area contributed by atoms with E-state index in [4.69, 9.17) is 15.8 Å². The maximum absolute atomic E-state index is 12.3. The van der Waals surface area contributed by atoms with E-state index in [0.29, 0.717) is 19.5 Å². The molecule has 2 bridgehead atoms. The number of rotatable bonds is 5. The Labute approximate surface area is 131 Å². The lowest BCUT2D eigenvalue weighted by molar-refractivity contribution is 0.172. The van der Waals surface area contributed by atoms with Gasteiger partial charge in [-0.1, -0.05) is 38.1 Å². The molecule has 4 nitrogen and oxygen atoms in total. The van der Waals surface area contributed by atoms with E-state index in [1.165, 1.54) is 9.87 Å². The van der Waals surface area contributed by atoms with Gasteiger partial charge < -0.3 is 0 Å². The Morgan fingerprint density at radius 3 is 2.48 bits per heavy atom. The molecule has 21 heavy (non-hydrogen) atoms. The number of hydrogen-bond acceptors (Lipinski definition) is 3. The fraction of sp³-hybridized carbons (Fsp3) is 0.600. The zero-order valence-electron chi connectivity index (χ0n) is 12.2. The SMILES string of the molecule is CCN(CC)S(=O)(=O)O[C@@H]1C[C@H]2c3ccccc3[C@@H]1[C@@H]2Cl. The average Bonchev–Trinajstić information content (AvgIpc) is 2.90. The van der Waals surface area contributed by atoms with Gasteiger partial charge >= 0.3 is 10.3 Å². The number of fused-ring (bicyclic) bond motifs is 5. The lowest BCUT2D eigenvalue weighted by Crippen LogP contribution is -2.36. The molecule has 2 aliphatic carbocycles. The van der Waals surface area contributed by atoms with Crippen molar-refractivity contribution in [1.29, 1.82) is 0 Å². The minimum atomic E-state index is -3.68. The van der Waals surface area contributed by atoms with Gasteiger partial charge in [0.25, 0.3) is 0 Å². The third-order valence-corrected chi connectivity index (χ3v) is 6.85. The van der Waals surface area contributed by atoms with Crippen LogP contribution in [0.15, 0.2) is 24.3 Å². The minimum Gasteiger partial charge on any atom is -0.254 e. The standard InChI is InChI=1S/C15H20ClNO3S/c1-3-17(4-2)21(18,19)20-13-9-12-10-7-5-6-8-11(10)14(13)15(12)16/h5-8,12-15H,3-4,9H2,1-2H3/t12-,13+,14-,15+/m0/s1. The molecule has 0 radical (unpaired) electrons. The van der Waals surface area contributed by atoms with Crippen LogP contribution in [0.2, 0.25) is 0 Å². The van der Waals surface area contributed by atoms with Crippen LogP contribution in [0.5, 0.6) is 0 Å². The summed E-state index contributed by atoms with van der Waals surface area (Å²) in [7, 11) is -3.68. The van der Waals surface area contributed by atoms with Gasteiger partial charge in [-0.2, -0.15) is 12.7 Å². The van der Waals surface area contributed by atoms with Crippen LogP contribution in [-0.2, 0) is 14.5 Å². The first-order valence-corrected chi connectivity index (χ1v) is 9.21. The molecule has 0 saturated heterocycles. The summed E-state index contributed by atoms with van der Waals surface area (Å²) < 4.78 is 31.5. The summed E-state index contributed by atoms with van der Waals surface area (Å²) >= 11 is 6.52. The number of hydrogen-bond donors (Lipinski definition) is 0. The topological polar surface area (TPSA) is 46.6 Å². The van der Waals surface area contributed by atoms with Crippen LogP contribution in [0.3, 0.4) is 0 Å². The van der Waals surface area contributed by atoms with E-state index >= 15 is 0 Å². The molecule has 1 aromatic rings. The molecule has 1 fully saturated rings. The molecule has 0 amide bonds. The fourth-order valence-electron chi connectivity index (χ4n) is 3.66. The third kappa shape index (κ3) is 2.40. The molecule has 1 aromatic carbocycles. The van der Waals surface area contributed by atoms with Crippen molar-refractivity contribution in [3.63, 3.8) is 0 Å². The quantitative estimate of drug-likeness (QED) is 0.780. The van der Waals surface area contributed by atoms with Crippen LogP contribution in [0.1, 0.15) is 43.2 Å². The molecule has 2 aliphatic rings.